The van der Waals surface area contributed by atoms with E-state index in [1.807, 2.05) is 27.7 Å². The summed E-state index contributed by atoms with van der Waals surface area (Å²) in [5.74, 6) is -9.92. The van der Waals surface area contributed by atoms with E-state index in [4.69, 9.17) is 9.47 Å². The third-order valence-corrected chi connectivity index (χ3v) is 5.11. The van der Waals surface area contributed by atoms with Crippen molar-refractivity contribution >= 4 is 17.8 Å². The van der Waals surface area contributed by atoms with Crippen LogP contribution in [0.5, 0.6) is 5.75 Å². The maximum absolute atomic E-state index is 13.6. The number of rotatable bonds is 16. The second-order valence-corrected chi connectivity index (χ2v) is 10.3. The molecule has 0 spiro atoms. The van der Waals surface area contributed by atoms with Gasteiger partial charge in [0.2, 0.25) is 29.2 Å². The summed E-state index contributed by atoms with van der Waals surface area (Å²) in [5, 5.41) is 5.56. The highest BCUT2D eigenvalue weighted by molar-refractivity contribution is 5.77. The number of esters is 1. The van der Waals surface area contributed by atoms with E-state index in [0.29, 0.717) is 26.3 Å². The van der Waals surface area contributed by atoms with Crippen molar-refractivity contribution in [1.29, 1.82) is 0 Å². The molecule has 0 aromatic heterocycles. The van der Waals surface area contributed by atoms with E-state index >= 15 is 0 Å². The molecule has 0 saturated carbocycles. The zero-order valence-corrected chi connectivity index (χ0v) is 21.9. The van der Waals surface area contributed by atoms with E-state index < -0.39 is 35.0 Å². The number of halogens is 4. The molecule has 0 saturated heterocycles. The predicted molar refractivity (Wildman–Crippen MR) is 127 cm³/mol. The van der Waals surface area contributed by atoms with E-state index in [-0.39, 0.29) is 61.0 Å². The van der Waals surface area contributed by atoms with Crippen LogP contribution < -0.4 is 15.4 Å². The largest absolute Gasteiger partial charge is 0.420 e. The lowest BCUT2D eigenvalue weighted by atomic mass is 9.93. The van der Waals surface area contributed by atoms with Gasteiger partial charge in [-0.05, 0) is 12.8 Å². The van der Waals surface area contributed by atoms with Gasteiger partial charge < -0.3 is 24.8 Å². The summed E-state index contributed by atoms with van der Waals surface area (Å²) >= 11 is 0. The first-order chi connectivity index (χ1) is 17.2. The first kappa shape index (κ1) is 32.3. The number of carbonyl (C=O) groups excluding carboxylic acids is 3. The Bertz CT molecular complexity index is 914. The van der Waals surface area contributed by atoms with Crippen LogP contribution in [0.4, 0.5) is 17.6 Å². The zero-order valence-electron chi connectivity index (χ0n) is 21.9. The first-order valence-corrected chi connectivity index (χ1v) is 11.8. The highest BCUT2D eigenvalue weighted by atomic mass is 19.2. The predicted octanol–water partition coefficient (Wildman–Crippen LogP) is 3.66. The Morgan fingerprint density at radius 1 is 0.811 bits per heavy atom. The van der Waals surface area contributed by atoms with Gasteiger partial charge in [0.05, 0.1) is 13.2 Å². The smallest absolute Gasteiger partial charge is 0.311 e. The number of methoxy groups -OCH3 is 1. The van der Waals surface area contributed by atoms with Crippen LogP contribution in [0, 0.1) is 34.1 Å². The number of hydrogen-bond donors (Lipinski definition) is 2. The van der Waals surface area contributed by atoms with E-state index in [1.54, 1.807) is 0 Å². The minimum absolute atomic E-state index is 0.0101. The molecule has 0 aliphatic heterocycles. The molecule has 0 fully saturated rings. The van der Waals surface area contributed by atoms with Crippen LogP contribution in [0.3, 0.4) is 0 Å². The molecule has 0 radical (unpaired) electrons. The molecule has 0 unspecified atom stereocenters. The molecule has 0 aliphatic carbocycles. The quantitative estimate of drug-likeness (QED) is 0.110. The maximum Gasteiger partial charge on any atom is 0.311 e. The number of ether oxygens (including phenoxy) is 3. The molecule has 0 heterocycles. The summed E-state index contributed by atoms with van der Waals surface area (Å²) in [5.41, 5.74) is -0.673. The second kappa shape index (κ2) is 14.9. The topological polar surface area (TPSA) is 103 Å². The molecule has 12 heteroatoms. The third-order valence-electron chi connectivity index (χ3n) is 5.11. The van der Waals surface area contributed by atoms with Crippen LogP contribution in [0.2, 0.25) is 0 Å². The molecule has 8 nitrogen and oxygen atoms in total. The number of amides is 2. The Morgan fingerprint density at radius 2 is 1.30 bits per heavy atom. The second-order valence-electron chi connectivity index (χ2n) is 10.3. The van der Waals surface area contributed by atoms with Gasteiger partial charge in [0.25, 0.3) is 0 Å². The summed E-state index contributed by atoms with van der Waals surface area (Å²) in [6.45, 7) is 9.25. The Kier molecular flexibility index (Phi) is 13.0. The Morgan fingerprint density at radius 3 is 1.81 bits per heavy atom. The number of nitrogens with one attached hydrogen (secondary N) is 2. The third kappa shape index (κ3) is 12.4. The lowest BCUT2D eigenvalue weighted by Crippen LogP contribution is -2.40. The minimum Gasteiger partial charge on any atom is -0.420 e. The van der Waals surface area contributed by atoms with E-state index in [0.717, 1.165) is 0 Å². The molecular formula is C25H36F4N2O6. The summed E-state index contributed by atoms with van der Waals surface area (Å²) in [6.07, 6.45) is 0.236. The monoisotopic (exact) mass is 536 g/mol. The molecule has 1 rings (SSSR count). The summed E-state index contributed by atoms with van der Waals surface area (Å²) in [4.78, 5) is 35.4. The maximum atomic E-state index is 13.6. The molecule has 1 aromatic rings. The van der Waals surface area contributed by atoms with Gasteiger partial charge >= 0.3 is 5.97 Å². The summed E-state index contributed by atoms with van der Waals surface area (Å²) in [6, 6.07) is 0.0152. The van der Waals surface area contributed by atoms with Gasteiger partial charge in [-0.25, -0.2) is 8.78 Å². The fourth-order valence-electron chi connectivity index (χ4n) is 3.01. The van der Waals surface area contributed by atoms with Crippen LogP contribution in [0.25, 0.3) is 0 Å². The van der Waals surface area contributed by atoms with Crippen molar-refractivity contribution < 1.29 is 46.2 Å². The average molecular weight is 537 g/mol. The van der Waals surface area contributed by atoms with Gasteiger partial charge in [0.15, 0.2) is 11.6 Å². The Balaban J connectivity index is 2.30. The number of hydrogen-bond acceptors (Lipinski definition) is 6. The van der Waals surface area contributed by atoms with Gasteiger partial charge in [-0.1, -0.05) is 27.7 Å². The Hall–Kier alpha value is -2.73. The summed E-state index contributed by atoms with van der Waals surface area (Å²) < 4.78 is 68.5. The molecule has 2 N–H and O–H groups in total. The van der Waals surface area contributed by atoms with Crippen molar-refractivity contribution in [2.24, 2.45) is 10.8 Å². The van der Waals surface area contributed by atoms with Crippen LogP contribution in [0.1, 0.15) is 53.4 Å². The van der Waals surface area contributed by atoms with Crippen molar-refractivity contribution in [2.45, 2.75) is 53.4 Å². The minimum atomic E-state index is -1.80. The van der Waals surface area contributed by atoms with Crippen molar-refractivity contribution in [3.05, 3.63) is 29.3 Å². The van der Waals surface area contributed by atoms with Crippen LogP contribution in [-0.4, -0.2) is 57.8 Å². The molecule has 1 aromatic carbocycles. The van der Waals surface area contributed by atoms with Gasteiger partial charge in [0.1, 0.15) is 6.61 Å². The van der Waals surface area contributed by atoms with E-state index in [1.165, 1.54) is 7.11 Å². The molecule has 0 bridgehead atoms. The van der Waals surface area contributed by atoms with Crippen LogP contribution in [-0.2, 0) is 23.9 Å². The number of unbranched alkanes of at least 4 members (excludes halogenated alkanes) is 1. The highest BCUT2D eigenvalue weighted by Gasteiger charge is 2.25. The SMILES string of the molecule is COCC(=O)NCC(C)(C)COCC(C)(C)CNC(=O)CCCCC(=O)Oc1c(F)c(F)cc(F)c1F. The highest BCUT2D eigenvalue weighted by Crippen LogP contribution is 2.27. The molecule has 0 atom stereocenters. The molecule has 2 amide bonds. The fourth-order valence-corrected chi connectivity index (χ4v) is 3.01. The van der Waals surface area contributed by atoms with E-state index in [9.17, 15) is 31.9 Å². The number of benzene rings is 1. The van der Waals surface area contributed by atoms with Crippen molar-refractivity contribution in [2.75, 3.05) is 40.0 Å². The van der Waals surface area contributed by atoms with Gasteiger partial charge in [-0.15, -0.1) is 0 Å². The van der Waals surface area contributed by atoms with Gasteiger partial charge in [-0.3, -0.25) is 14.4 Å². The van der Waals surface area contributed by atoms with Crippen LogP contribution >= 0.6 is 0 Å². The lowest BCUT2D eigenvalue weighted by Gasteiger charge is -2.29. The van der Waals surface area contributed by atoms with Crippen molar-refractivity contribution in [1.82, 2.24) is 10.6 Å². The van der Waals surface area contributed by atoms with Crippen molar-refractivity contribution in [3.8, 4) is 5.75 Å². The number of carbonyl (C=O) groups is 3. The fraction of sp³-hybridized carbons (Fsp3) is 0.640. The molecule has 210 valence electrons. The van der Waals surface area contributed by atoms with Gasteiger partial charge in [-0.2, -0.15) is 8.78 Å². The summed E-state index contributed by atoms with van der Waals surface area (Å²) in [7, 11) is 1.44. The average Bonchev–Trinajstić information content (AvgIpc) is 2.81. The van der Waals surface area contributed by atoms with Crippen molar-refractivity contribution in [3.63, 3.8) is 0 Å². The van der Waals surface area contributed by atoms with Crippen LogP contribution in [0.15, 0.2) is 6.07 Å². The standard InChI is InChI=1S/C25H36F4N2O6/c1-24(2,14-36-15-25(3,4)13-31-19(33)11-35-5)12-30-18(32)8-6-7-9-20(34)37-23-21(28)16(26)10-17(27)22(23)29/h10H,6-9,11-15H2,1-5H3,(H,30,32)(H,31,33). The molecule has 37 heavy (non-hydrogen) atoms. The normalized spacial score (nSPS) is 11.8. The first-order valence-electron chi connectivity index (χ1n) is 11.8. The Labute approximate surface area is 214 Å². The lowest BCUT2D eigenvalue weighted by molar-refractivity contribution is -0.135. The zero-order chi connectivity index (χ0) is 28.2. The molecular weight excluding hydrogens is 500 g/mol. The van der Waals surface area contributed by atoms with E-state index in [2.05, 4.69) is 15.4 Å². The van der Waals surface area contributed by atoms with Gasteiger partial charge in [0, 0.05) is 49.9 Å². The molecule has 0 aliphatic rings.